The van der Waals surface area contributed by atoms with Gasteiger partial charge in [0.05, 0.1) is 0 Å². The average molecular weight is 522 g/mol. The third-order valence-electron chi connectivity index (χ3n) is 7.26. The van der Waals surface area contributed by atoms with Gasteiger partial charge in [-0.05, 0) is 79.9 Å². The van der Waals surface area contributed by atoms with Gasteiger partial charge in [0, 0.05) is 38.5 Å². The van der Waals surface area contributed by atoms with Crippen molar-refractivity contribution in [2.24, 2.45) is 17.8 Å². The van der Waals surface area contributed by atoms with E-state index in [0.717, 1.165) is 49.7 Å². The van der Waals surface area contributed by atoms with Crippen LogP contribution in [-0.2, 0) is 38.8 Å². The summed E-state index contributed by atoms with van der Waals surface area (Å²) >= 11 is 0. The summed E-state index contributed by atoms with van der Waals surface area (Å²) in [5, 5.41) is 0. The molecule has 0 unspecified atom stereocenters. The smallest absolute Gasteiger partial charge is 0.430 e. The molecule has 2 aromatic carbocycles. The van der Waals surface area contributed by atoms with Gasteiger partial charge in [0.15, 0.2) is 0 Å². The summed E-state index contributed by atoms with van der Waals surface area (Å²) in [5.74, 6) is -0.424. The zero-order chi connectivity index (χ0) is 22.0. The van der Waals surface area contributed by atoms with Crippen molar-refractivity contribution in [1.29, 1.82) is 0 Å². The van der Waals surface area contributed by atoms with E-state index in [1.807, 2.05) is 0 Å². The molecule has 0 heterocycles. The summed E-state index contributed by atoms with van der Waals surface area (Å²) in [6, 6.07) is 10.1. The Morgan fingerprint density at radius 1 is 0.844 bits per heavy atom. The standard InChI is InChI=1S/C26H29F4O.Y/c1-17-7-9-18(10-8-17)19-11-13-20(14-12-19)21-15-23(27)25(24(28)16-21)26(29,30)31-22-5-3-2-4-6-22;/h3-6,15-20H,7-14H2,1H3;/q-1;. The molecule has 2 aromatic rings. The summed E-state index contributed by atoms with van der Waals surface area (Å²) in [4.78, 5) is 0. The van der Waals surface area contributed by atoms with Crippen LogP contribution in [0, 0.1) is 35.5 Å². The van der Waals surface area contributed by atoms with E-state index in [4.69, 9.17) is 0 Å². The van der Waals surface area contributed by atoms with E-state index in [-0.39, 0.29) is 44.4 Å². The van der Waals surface area contributed by atoms with Crippen LogP contribution in [0.25, 0.3) is 0 Å². The van der Waals surface area contributed by atoms with Crippen molar-refractivity contribution in [2.75, 3.05) is 0 Å². The second kappa shape index (κ2) is 11.0. The van der Waals surface area contributed by atoms with Crippen molar-refractivity contribution in [3.63, 3.8) is 0 Å². The fourth-order valence-electron chi connectivity index (χ4n) is 5.43. The van der Waals surface area contributed by atoms with Gasteiger partial charge in [-0.3, -0.25) is 0 Å². The third kappa shape index (κ3) is 5.94. The first-order valence-electron chi connectivity index (χ1n) is 11.4. The summed E-state index contributed by atoms with van der Waals surface area (Å²) < 4.78 is 62.9. The van der Waals surface area contributed by atoms with Crippen LogP contribution in [0.3, 0.4) is 0 Å². The minimum absolute atomic E-state index is 0. The molecule has 2 aliphatic rings. The van der Waals surface area contributed by atoms with E-state index in [2.05, 4.69) is 17.7 Å². The maximum absolute atomic E-state index is 14.7. The van der Waals surface area contributed by atoms with Crippen LogP contribution < -0.4 is 4.74 Å². The Labute approximate surface area is 213 Å². The monoisotopic (exact) mass is 522 g/mol. The molecule has 0 atom stereocenters. The molecule has 0 bridgehead atoms. The van der Waals surface area contributed by atoms with Crippen molar-refractivity contribution in [2.45, 2.75) is 70.3 Å². The second-order valence-corrected chi connectivity index (χ2v) is 9.35. The molecule has 0 amide bonds. The molecule has 0 saturated heterocycles. The minimum Gasteiger partial charge on any atom is -0.455 e. The maximum atomic E-state index is 14.7. The molecule has 0 spiro atoms. The van der Waals surface area contributed by atoms with Crippen LogP contribution in [-0.4, -0.2) is 0 Å². The number of alkyl halides is 2. The number of hydrogen-bond donors (Lipinski definition) is 0. The van der Waals surface area contributed by atoms with Gasteiger partial charge in [-0.25, -0.2) is 8.78 Å². The molecule has 0 aromatic heterocycles. The van der Waals surface area contributed by atoms with Gasteiger partial charge in [0.25, 0.3) is 0 Å². The summed E-state index contributed by atoms with van der Waals surface area (Å²) in [6.07, 6.45) is 4.82. The number of ether oxygens (including phenoxy) is 1. The summed E-state index contributed by atoms with van der Waals surface area (Å²) in [5.41, 5.74) is -0.867. The molecular formula is C26H29F4OY-. The SMILES string of the molecule is CC1CCC(C2CCC(c3cc(F)c(C(F)(F)Oc4cc[c-]cc4)c(F)c3)CC2)CC1.[Y]. The Bertz CT molecular complexity index is 850. The largest absolute Gasteiger partial charge is 0.455 e. The van der Waals surface area contributed by atoms with Gasteiger partial charge in [-0.15, -0.1) is 12.1 Å². The van der Waals surface area contributed by atoms with Crippen LogP contribution in [0.1, 0.15) is 75.3 Å². The Hall–Kier alpha value is -0.936. The first-order valence-corrected chi connectivity index (χ1v) is 11.4. The first kappa shape index (κ1) is 25.7. The fourth-order valence-corrected chi connectivity index (χ4v) is 5.43. The fraction of sp³-hybridized carbons (Fsp3) is 0.538. The van der Waals surface area contributed by atoms with Crippen molar-refractivity contribution in [3.8, 4) is 5.75 Å². The molecule has 2 aliphatic carbocycles. The molecule has 32 heavy (non-hydrogen) atoms. The maximum Gasteiger partial charge on any atom is 0.430 e. The molecule has 171 valence electrons. The zero-order valence-corrected chi connectivity index (χ0v) is 21.3. The predicted molar refractivity (Wildman–Crippen MR) is 112 cm³/mol. The molecule has 2 saturated carbocycles. The van der Waals surface area contributed by atoms with E-state index < -0.39 is 23.3 Å². The van der Waals surface area contributed by atoms with Crippen LogP contribution in [0.5, 0.6) is 5.75 Å². The third-order valence-corrected chi connectivity index (χ3v) is 7.26. The van der Waals surface area contributed by atoms with Crippen LogP contribution >= 0.6 is 0 Å². The Morgan fingerprint density at radius 2 is 1.34 bits per heavy atom. The molecule has 1 nitrogen and oxygen atoms in total. The molecule has 4 rings (SSSR count). The van der Waals surface area contributed by atoms with Crippen LogP contribution in [0.2, 0.25) is 0 Å². The van der Waals surface area contributed by atoms with Gasteiger partial charge in [-0.2, -0.15) is 27.0 Å². The van der Waals surface area contributed by atoms with E-state index in [1.165, 1.54) is 49.9 Å². The Morgan fingerprint density at radius 3 is 1.88 bits per heavy atom. The van der Waals surface area contributed by atoms with Gasteiger partial charge < -0.3 is 4.74 Å². The van der Waals surface area contributed by atoms with Gasteiger partial charge in [0.2, 0.25) is 0 Å². The van der Waals surface area contributed by atoms with Crippen molar-refractivity contribution >= 4 is 0 Å². The molecule has 0 N–H and O–H groups in total. The van der Waals surface area contributed by atoms with Crippen molar-refractivity contribution in [1.82, 2.24) is 0 Å². The zero-order valence-electron chi connectivity index (χ0n) is 18.4. The normalized spacial score (nSPS) is 26.3. The van der Waals surface area contributed by atoms with Crippen LogP contribution in [0.4, 0.5) is 17.6 Å². The van der Waals surface area contributed by atoms with Crippen LogP contribution in [0.15, 0.2) is 36.4 Å². The Kier molecular flexibility index (Phi) is 8.82. The number of hydrogen-bond acceptors (Lipinski definition) is 1. The predicted octanol–water partition coefficient (Wildman–Crippen LogP) is 7.99. The topological polar surface area (TPSA) is 9.23 Å². The van der Waals surface area contributed by atoms with E-state index >= 15 is 0 Å². The quantitative estimate of drug-likeness (QED) is 0.286. The molecular weight excluding hydrogens is 493 g/mol. The molecule has 2 fully saturated rings. The molecule has 6 heteroatoms. The number of rotatable bonds is 5. The number of halogens is 4. The summed E-state index contributed by atoms with van der Waals surface area (Å²) in [7, 11) is 0. The van der Waals surface area contributed by atoms with Crippen molar-refractivity contribution in [3.05, 3.63) is 65.2 Å². The summed E-state index contributed by atoms with van der Waals surface area (Å²) in [6.45, 7) is 2.31. The molecule has 1 radical (unpaired) electrons. The van der Waals surface area contributed by atoms with E-state index in [1.54, 1.807) is 0 Å². The van der Waals surface area contributed by atoms with E-state index in [0.29, 0.717) is 11.5 Å². The molecule has 0 aliphatic heterocycles. The van der Waals surface area contributed by atoms with Gasteiger partial charge in [0.1, 0.15) is 17.2 Å². The second-order valence-electron chi connectivity index (χ2n) is 9.35. The first-order chi connectivity index (χ1) is 14.8. The Balaban J connectivity index is 0.00000289. The van der Waals surface area contributed by atoms with Crippen molar-refractivity contribution < 1.29 is 55.0 Å². The number of benzene rings is 2. The van der Waals surface area contributed by atoms with E-state index in [9.17, 15) is 17.6 Å². The van der Waals surface area contributed by atoms with Gasteiger partial charge in [-0.1, -0.05) is 19.8 Å². The average Bonchev–Trinajstić information content (AvgIpc) is 2.74. The minimum atomic E-state index is -4.11. The van der Waals surface area contributed by atoms with Gasteiger partial charge >= 0.3 is 6.11 Å².